The maximum Gasteiger partial charge on any atom is 0.303 e. The zero-order valence-corrected chi connectivity index (χ0v) is 28.6. The standard InChI is InChI=1S/C31H25Br2Cl2FN2O8/c1-46-19-11-17(23(32)24(33)25(19)41)22-15-8-9-16-21(27(43)37(26(16)42)10-2-3-20(39)40)18(15)12-30(34)28(44)38(29(45)31(22,30)35)14-6-4-13(36)5-7-14/h4-8,11,16,18,21-22,41H,2-3,9-10,12H2,1H3,(H,39,40). The highest BCUT2D eigenvalue weighted by molar-refractivity contribution is 9.13. The van der Waals surface area contributed by atoms with Crippen LogP contribution in [0.25, 0.3) is 0 Å². The lowest BCUT2D eigenvalue weighted by atomic mass is 9.56. The minimum atomic E-state index is -2.19. The molecule has 0 aromatic heterocycles. The third kappa shape index (κ3) is 4.56. The molecule has 1 saturated carbocycles. The topological polar surface area (TPSA) is 142 Å². The van der Waals surface area contributed by atoms with Gasteiger partial charge in [-0.1, -0.05) is 11.6 Å². The van der Waals surface area contributed by atoms with Crippen molar-refractivity contribution in [2.75, 3.05) is 18.6 Å². The Bertz CT molecular complexity index is 1760. The molecule has 0 spiro atoms. The van der Waals surface area contributed by atoms with Crippen LogP contribution in [0.5, 0.6) is 11.5 Å². The summed E-state index contributed by atoms with van der Waals surface area (Å²) in [6.45, 7) is -0.0860. The van der Waals surface area contributed by atoms with Crippen LogP contribution in [-0.2, 0) is 24.0 Å². The number of carbonyl (C=O) groups excluding carboxylic acids is 4. The quantitative estimate of drug-likeness (QED) is 0.213. The second-order valence-electron chi connectivity index (χ2n) is 11.7. The predicted octanol–water partition coefficient (Wildman–Crippen LogP) is 5.49. The Morgan fingerprint density at radius 3 is 2.37 bits per heavy atom. The number of nitrogens with zero attached hydrogens (tertiary/aromatic N) is 2. The number of amides is 4. The van der Waals surface area contributed by atoms with E-state index in [0.29, 0.717) is 11.1 Å². The number of phenols is 1. The van der Waals surface area contributed by atoms with Crippen LogP contribution in [0.3, 0.4) is 0 Å². The largest absolute Gasteiger partial charge is 0.503 e. The average Bonchev–Trinajstić information content (AvgIpc) is 3.34. The van der Waals surface area contributed by atoms with Gasteiger partial charge in [0, 0.05) is 23.4 Å². The number of phenolic OH excluding ortho intramolecular Hbond substituents is 1. The first-order valence-electron chi connectivity index (χ1n) is 14.2. The average molecular weight is 803 g/mol. The van der Waals surface area contributed by atoms with Crippen LogP contribution in [0.4, 0.5) is 10.1 Å². The lowest BCUT2D eigenvalue weighted by Gasteiger charge is -2.51. The molecule has 2 aliphatic carbocycles. The van der Waals surface area contributed by atoms with E-state index in [9.17, 15) is 33.5 Å². The number of allylic oxidation sites excluding steroid dienone is 2. The summed E-state index contributed by atoms with van der Waals surface area (Å²) in [5.41, 5.74) is 0.858. The maximum absolute atomic E-state index is 14.5. The molecule has 2 N–H and O–H groups in total. The van der Waals surface area contributed by atoms with E-state index in [0.717, 1.165) is 21.9 Å². The molecule has 6 rings (SSSR count). The number of carboxylic acids is 1. The van der Waals surface area contributed by atoms with Crippen molar-refractivity contribution in [1.29, 1.82) is 0 Å². The fraction of sp³-hybridized carbons (Fsp3) is 0.387. The summed E-state index contributed by atoms with van der Waals surface area (Å²) in [5, 5.41) is 19.8. The Morgan fingerprint density at radius 1 is 1.07 bits per heavy atom. The van der Waals surface area contributed by atoms with Crippen LogP contribution in [-0.4, -0.2) is 68.1 Å². The number of likely N-dealkylation sites (tertiary alicyclic amines) is 1. The Balaban J connectivity index is 1.54. The van der Waals surface area contributed by atoms with Gasteiger partial charge in [0.1, 0.15) is 5.82 Å². The van der Waals surface area contributed by atoms with E-state index in [-0.39, 0.29) is 58.4 Å². The number of benzene rings is 2. The maximum atomic E-state index is 14.5. The summed E-state index contributed by atoms with van der Waals surface area (Å²) < 4.78 is 19.7. The monoisotopic (exact) mass is 800 g/mol. The highest BCUT2D eigenvalue weighted by Gasteiger charge is 2.76. The van der Waals surface area contributed by atoms with E-state index >= 15 is 0 Å². The van der Waals surface area contributed by atoms with E-state index in [1.807, 2.05) is 0 Å². The number of anilines is 1. The summed E-state index contributed by atoms with van der Waals surface area (Å²) in [7, 11) is 1.33. The van der Waals surface area contributed by atoms with E-state index < -0.39 is 68.8 Å². The second-order valence-corrected chi connectivity index (χ2v) is 14.5. The molecular weight excluding hydrogens is 778 g/mol. The van der Waals surface area contributed by atoms with Gasteiger partial charge >= 0.3 is 5.97 Å². The fourth-order valence-corrected chi connectivity index (χ4v) is 9.28. The number of hydrogen-bond acceptors (Lipinski definition) is 7. The summed E-state index contributed by atoms with van der Waals surface area (Å²) in [4.78, 5) is 64.9. The van der Waals surface area contributed by atoms with Crippen molar-refractivity contribution in [3.8, 4) is 11.5 Å². The number of carbonyl (C=O) groups is 5. The molecule has 15 heteroatoms. The van der Waals surface area contributed by atoms with Crippen molar-refractivity contribution in [2.24, 2.45) is 17.8 Å². The van der Waals surface area contributed by atoms with Gasteiger partial charge in [-0.3, -0.25) is 28.9 Å². The molecule has 4 aliphatic rings. The molecule has 2 aromatic carbocycles. The van der Waals surface area contributed by atoms with Gasteiger partial charge in [-0.25, -0.2) is 9.29 Å². The number of imide groups is 2. The van der Waals surface area contributed by atoms with Gasteiger partial charge in [-0.15, -0.1) is 23.2 Å². The number of rotatable bonds is 7. The molecule has 2 aliphatic heterocycles. The molecule has 0 radical (unpaired) electrons. The van der Waals surface area contributed by atoms with Crippen molar-refractivity contribution >= 4 is 90.3 Å². The molecule has 3 fully saturated rings. The number of aliphatic carboxylic acids is 1. The number of ether oxygens (including phenoxy) is 1. The number of hydrogen-bond donors (Lipinski definition) is 2. The van der Waals surface area contributed by atoms with E-state index in [1.54, 1.807) is 6.08 Å². The zero-order valence-electron chi connectivity index (χ0n) is 23.9. The van der Waals surface area contributed by atoms with Crippen LogP contribution < -0.4 is 9.64 Å². The lowest BCUT2D eigenvalue weighted by Crippen LogP contribution is -2.60. The zero-order chi connectivity index (χ0) is 33.5. The van der Waals surface area contributed by atoms with Gasteiger partial charge < -0.3 is 14.9 Å². The van der Waals surface area contributed by atoms with Crippen LogP contribution in [0.2, 0.25) is 0 Å². The molecule has 10 nitrogen and oxygen atoms in total. The van der Waals surface area contributed by atoms with E-state index in [4.69, 9.17) is 33.0 Å². The van der Waals surface area contributed by atoms with Crippen LogP contribution in [0.15, 0.2) is 50.9 Å². The number of carboxylic acid groups (broad SMARTS) is 1. The highest BCUT2D eigenvalue weighted by atomic mass is 79.9. The minimum Gasteiger partial charge on any atom is -0.503 e. The Morgan fingerprint density at radius 2 is 1.74 bits per heavy atom. The molecule has 46 heavy (non-hydrogen) atoms. The molecule has 0 bridgehead atoms. The molecule has 6 unspecified atom stereocenters. The van der Waals surface area contributed by atoms with Crippen molar-refractivity contribution in [2.45, 2.75) is 41.3 Å². The molecule has 2 aromatic rings. The molecule has 2 heterocycles. The van der Waals surface area contributed by atoms with Crippen molar-refractivity contribution in [1.82, 2.24) is 4.90 Å². The van der Waals surface area contributed by atoms with Crippen LogP contribution >= 0.6 is 55.1 Å². The molecule has 6 atom stereocenters. The van der Waals surface area contributed by atoms with Crippen LogP contribution in [0, 0.1) is 23.6 Å². The van der Waals surface area contributed by atoms with Crippen LogP contribution in [0.1, 0.15) is 37.2 Å². The third-order valence-electron chi connectivity index (χ3n) is 9.46. The van der Waals surface area contributed by atoms with Crippen molar-refractivity contribution in [3.05, 3.63) is 62.3 Å². The molecular formula is C31H25Br2Cl2FN2O8. The number of aromatic hydroxyl groups is 1. The van der Waals surface area contributed by atoms with Gasteiger partial charge in [-0.05, 0) is 92.9 Å². The predicted molar refractivity (Wildman–Crippen MR) is 170 cm³/mol. The number of halogens is 5. The molecule has 4 amide bonds. The minimum absolute atomic E-state index is 0.0193. The fourth-order valence-electron chi connectivity index (χ4n) is 7.40. The number of fused-ring (bicyclic) bond motifs is 4. The Hall–Kier alpha value is -3.00. The summed E-state index contributed by atoms with van der Waals surface area (Å²) in [5.74, 6) is -8.36. The van der Waals surface area contributed by atoms with Crippen molar-refractivity contribution in [3.63, 3.8) is 0 Å². The van der Waals surface area contributed by atoms with Gasteiger partial charge in [0.2, 0.25) is 11.8 Å². The summed E-state index contributed by atoms with van der Waals surface area (Å²) in [6.07, 6.45) is 1.42. The van der Waals surface area contributed by atoms with Gasteiger partial charge in [0.25, 0.3) is 11.8 Å². The van der Waals surface area contributed by atoms with Crippen molar-refractivity contribution < 1.29 is 43.3 Å². The Kier molecular flexibility index (Phi) is 8.31. The molecule has 2 saturated heterocycles. The normalized spacial score (nSPS) is 30.3. The van der Waals surface area contributed by atoms with Gasteiger partial charge in [0.05, 0.1) is 29.1 Å². The molecule has 242 valence electrons. The number of alkyl halides is 2. The summed E-state index contributed by atoms with van der Waals surface area (Å²) in [6, 6.07) is 6.15. The first-order chi connectivity index (χ1) is 21.7. The lowest BCUT2D eigenvalue weighted by molar-refractivity contribution is -0.142. The second kappa shape index (κ2) is 11.6. The van der Waals surface area contributed by atoms with Gasteiger partial charge in [-0.2, -0.15) is 0 Å². The summed E-state index contributed by atoms with van der Waals surface area (Å²) >= 11 is 21.6. The SMILES string of the molecule is COc1cc(C2C3=CCC4C(=O)N(CCCC(=O)O)C(=O)C4C3CC3(Cl)C(=O)N(c4ccc(F)cc4)C(=O)C23Cl)c(Br)c(Br)c1O. The highest BCUT2D eigenvalue weighted by Crippen LogP contribution is 2.67. The van der Waals surface area contributed by atoms with E-state index in [2.05, 4.69) is 31.9 Å². The third-order valence-corrected chi connectivity index (χ3v) is 13.0. The van der Waals surface area contributed by atoms with E-state index in [1.165, 1.54) is 25.3 Å². The smallest absolute Gasteiger partial charge is 0.303 e. The Labute approximate surface area is 288 Å². The first kappa shape index (κ1) is 32.9. The van der Waals surface area contributed by atoms with Gasteiger partial charge in [0.15, 0.2) is 21.2 Å². The number of methoxy groups -OCH3 is 1. The first-order valence-corrected chi connectivity index (χ1v) is 16.6.